The molecular formula is C17H20N2O3. The molecule has 2 amide bonds. The van der Waals surface area contributed by atoms with Gasteiger partial charge in [-0.05, 0) is 24.0 Å². The fourth-order valence-electron chi connectivity index (χ4n) is 3.67. The molecule has 22 heavy (non-hydrogen) atoms. The van der Waals surface area contributed by atoms with Crippen molar-refractivity contribution >= 4 is 11.8 Å². The summed E-state index contributed by atoms with van der Waals surface area (Å²) in [5, 5.41) is 10.8. The number of nitrogens with zero attached hydrogens (tertiary/aromatic N) is 2. The second-order valence-electron chi connectivity index (χ2n) is 6.70. The number of benzene rings is 1. The lowest BCUT2D eigenvalue weighted by molar-refractivity contribution is -0.157. The zero-order valence-electron chi connectivity index (χ0n) is 12.5. The molecule has 0 spiro atoms. The van der Waals surface area contributed by atoms with Crippen LogP contribution in [0.15, 0.2) is 24.3 Å². The predicted molar refractivity (Wildman–Crippen MR) is 80.1 cm³/mol. The third-order valence-corrected chi connectivity index (χ3v) is 5.01. The number of aliphatic hydroxyl groups is 1. The van der Waals surface area contributed by atoms with Gasteiger partial charge >= 0.3 is 0 Å². The van der Waals surface area contributed by atoms with Crippen LogP contribution in [-0.4, -0.2) is 58.0 Å². The van der Waals surface area contributed by atoms with E-state index in [1.54, 1.807) is 0 Å². The Balaban J connectivity index is 1.47. The number of amides is 2. The quantitative estimate of drug-likeness (QED) is 0.857. The fraction of sp³-hybridized carbons (Fsp3) is 0.529. The van der Waals surface area contributed by atoms with Crippen LogP contribution in [0.3, 0.4) is 0 Å². The first-order valence-corrected chi connectivity index (χ1v) is 7.95. The van der Waals surface area contributed by atoms with E-state index in [0.717, 1.165) is 24.0 Å². The van der Waals surface area contributed by atoms with Gasteiger partial charge in [-0.25, -0.2) is 0 Å². The highest BCUT2D eigenvalue weighted by molar-refractivity contribution is 5.91. The van der Waals surface area contributed by atoms with E-state index in [1.165, 1.54) is 4.90 Å². The Labute approximate surface area is 129 Å². The molecule has 5 nitrogen and oxygen atoms in total. The highest BCUT2D eigenvalue weighted by atomic mass is 16.3. The SMILES string of the molecule is O=C1CN(C(=O)C2(O)Cc3ccccc3C2)CCN1C1CC1. The summed E-state index contributed by atoms with van der Waals surface area (Å²) in [7, 11) is 0. The van der Waals surface area contributed by atoms with Crippen molar-refractivity contribution in [3.63, 3.8) is 0 Å². The number of carbonyl (C=O) groups is 2. The smallest absolute Gasteiger partial charge is 0.255 e. The van der Waals surface area contributed by atoms with Gasteiger partial charge in [-0.15, -0.1) is 0 Å². The molecular weight excluding hydrogens is 280 g/mol. The summed E-state index contributed by atoms with van der Waals surface area (Å²) in [6.07, 6.45) is 2.86. The van der Waals surface area contributed by atoms with Crippen LogP contribution in [0.4, 0.5) is 0 Å². The van der Waals surface area contributed by atoms with Crippen LogP contribution in [0.5, 0.6) is 0 Å². The number of rotatable bonds is 2. The summed E-state index contributed by atoms with van der Waals surface area (Å²) in [4.78, 5) is 28.3. The van der Waals surface area contributed by atoms with Crippen molar-refractivity contribution in [1.29, 1.82) is 0 Å². The molecule has 1 aliphatic heterocycles. The van der Waals surface area contributed by atoms with Crippen LogP contribution >= 0.6 is 0 Å². The number of piperazine rings is 1. The second-order valence-corrected chi connectivity index (χ2v) is 6.70. The average molecular weight is 300 g/mol. The maximum absolute atomic E-state index is 12.7. The largest absolute Gasteiger partial charge is 0.379 e. The molecule has 1 heterocycles. The molecule has 0 radical (unpaired) electrons. The van der Waals surface area contributed by atoms with E-state index < -0.39 is 5.60 Å². The lowest BCUT2D eigenvalue weighted by Crippen LogP contribution is -2.58. The molecule has 1 N–H and O–H groups in total. The van der Waals surface area contributed by atoms with Gasteiger partial charge in [0.1, 0.15) is 0 Å². The Morgan fingerprint density at radius 1 is 1.14 bits per heavy atom. The minimum atomic E-state index is -1.38. The molecule has 3 aliphatic rings. The Hall–Kier alpha value is -1.88. The topological polar surface area (TPSA) is 60.9 Å². The van der Waals surface area contributed by atoms with Crippen LogP contribution in [0.25, 0.3) is 0 Å². The normalized spacial score (nSPS) is 23.6. The summed E-state index contributed by atoms with van der Waals surface area (Å²) in [6, 6.07) is 8.15. The Morgan fingerprint density at radius 3 is 2.32 bits per heavy atom. The first-order chi connectivity index (χ1) is 10.6. The molecule has 4 rings (SSSR count). The molecule has 1 aromatic carbocycles. The number of fused-ring (bicyclic) bond motifs is 1. The van der Waals surface area contributed by atoms with Crippen molar-refractivity contribution < 1.29 is 14.7 Å². The molecule has 0 unspecified atom stereocenters. The standard InChI is InChI=1S/C17H20N2O3/c20-15-11-18(7-8-19(15)14-5-6-14)16(21)17(22)9-12-3-1-2-4-13(12)10-17/h1-4,14,22H,5-11H2. The predicted octanol–water partition coefficient (Wildman–Crippen LogP) is 0.349. The minimum absolute atomic E-state index is 0.0150. The Morgan fingerprint density at radius 2 is 1.77 bits per heavy atom. The number of hydrogen-bond acceptors (Lipinski definition) is 3. The van der Waals surface area contributed by atoms with Gasteiger partial charge in [0.2, 0.25) is 5.91 Å². The van der Waals surface area contributed by atoms with Gasteiger partial charge in [-0.2, -0.15) is 0 Å². The highest BCUT2D eigenvalue weighted by Gasteiger charge is 2.46. The lowest BCUT2D eigenvalue weighted by atomic mass is 9.98. The van der Waals surface area contributed by atoms with Crippen LogP contribution < -0.4 is 0 Å². The minimum Gasteiger partial charge on any atom is -0.379 e. The molecule has 0 atom stereocenters. The molecule has 1 saturated carbocycles. The maximum atomic E-state index is 12.7. The third-order valence-electron chi connectivity index (χ3n) is 5.01. The van der Waals surface area contributed by atoms with E-state index in [1.807, 2.05) is 29.2 Å². The monoisotopic (exact) mass is 300 g/mol. The molecule has 2 fully saturated rings. The summed E-state index contributed by atoms with van der Waals surface area (Å²) >= 11 is 0. The highest BCUT2D eigenvalue weighted by Crippen LogP contribution is 2.33. The fourth-order valence-corrected chi connectivity index (χ4v) is 3.67. The molecule has 1 saturated heterocycles. The van der Waals surface area contributed by atoms with E-state index in [2.05, 4.69) is 0 Å². The zero-order valence-corrected chi connectivity index (χ0v) is 12.5. The number of carbonyl (C=O) groups excluding carboxylic acids is 2. The lowest BCUT2D eigenvalue weighted by Gasteiger charge is -2.37. The van der Waals surface area contributed by atoms with Crippen LogP contribution in [0.1, 0.15) is 24.0 Å². The van der Waals surface area contributed by atoms with Gasteiger partial charge in [0.25, 0.3) is 5.91 Å². The number of hydrogen-bond donors (Lipinski definition) is 1. The van der Waals surface area contributed by atoms with Crippen LogP contribution in [-0.2, 0) is 22.4 Å². The van der Waals surface area contributed by atoms with Gasteiger partial charge in [0, 0.05) is 32.0 Å². The summed E-state index contributed by atoms with van der Waals surface area (Å²) in [5.74, 6) is -0.284. The molecule has 0 aromatic heterocycles. The third kappa shape index (κ3) is 2.20. The average Bonchev–Trinajstić information content (AvgIpc) is 3.27. The second kappa shape index (κ2) is 4.81. The van der Waals surface area contributed by atoms with Gasteiger partial charge in [-0.1, -0.05) is 24.3 Å². The van der Waals surface area contributed by atoms with Crippen molar-refractivity contribution in [3.8, 4) is 0 Å². The first-order valence-electron chi connectivity index (χ1n) is 7.95. The zero-order chi connectivity index (χ0) is 15.3. The Bertz CT molecular complexity index is 614. The van der Waals surface area contributed by atoms with E-state index in [4.69, 9.17) is 0 Å². The molecule has 2 aliphatic carbocycles. The van der Waals surface area contributed by atoms with Crippen molar-refractivity contribution in [2.45, 2.75) is 37.3 Å². The Kier molecular flexibility index (Phi) is 3.01. The van der Waals surface area contributed by atoms with Crippen molar-refractivity contribution in [3.05, 3.63) is 35.4 Å². The van der Waals surface area contributed by atoms with Crippen LogP contribution in [0, 0.1) is 0 Å². The first kappa shape index (κ1) is 13.8. The summed E-state index contributed by atoms with van der Waals surface area (Å²) in [5.41, 5.74) is 0.675. The summed E-state index contributed by atoms with van der Waals surface area (Å²) < 4.78 is 0. The molecule has 5 heteroatoms. The molecule has 116 valence electrons. The van der Waals surface area contributed by atoms with Gasteiger partial charge in [0.05, 0.1) is 6.54 Å². The van der Waals surface area contributed by atoms with Gasteiger partial charge in [-0.3, -0.25) is 9.59 Å². The van der Waals surface area contributed by atoms with Crippen LogP contribution in [0.2, 0.25) is 0 Å². The van der Waals surface area contributed by atoms with E-state index >= 15 is 0 Å². The van der Waals surface area contributed by atoms with Crippen molar-refractivity contribution in [2.75, 3.05) is 19.6 Å². The van der Waals surface area contributed by atoms with Crippen molar-refractivity contribution in [1.82, 2.24) is 9.80 Å². The van der Waals surface area contributed by atoms with Crippen molar-refractivity contribution in [2.24, 2.45) is 0 Å². The molecule has 0 bridgehead atoms. The maximum Gasteiger partial charge on any atom is 0.255 e. The van der Waals surface area contributed by atoms with Gasteiger partial charge in [0.15, 0.2) is 5.60 Å². The molecule has 1 aromatic rings. The van der Waals surface area contributed by atoms with E-state index in [0.29, 0.717) is 32.0 Å². The van der Waals surface area contributed by atoms with E-state index in [-0.39, 0.29) is 18.4 Å². The van der Waals surface area contributed by atoms with E-state index in [9.17, 15) is 14.7 Å². The summed E-state index contributed by atoms with van der Waals surface area (Å²) in [6.45, 7) is 1.23. The van der Waals surface area contributed by atoms with Gasteiger partial charge < -0.3 is 14.9 Å².